The summed E-state index contributed by atoms with van der Waals surface area (Å²) in [5, 5.41) is 14.1. The number of aryl methyl sites for hydroxylation is 2. The molecule has 0 fully saturated rings. The Hall–Kier alpha value is -1.34. The molecule has 0 bridgehead atoms. The van der Waals surface area contributed by atoms with Crippen LogP contribution in [0.25, 0.3) is 0 Å². The van der Waals surface area contributed by atoms with E-state index in [2.05, 4.69) is 36.5 Å². The van der Waals surface area contributed by atoms with Crippen molar-refractivity contribution in [1.29, 1.82) is 0 Å². The molecule has 0 radical (unpaired) electrons. The summed E-state index contributed by atoms with van der Waals surface area (Å²) in [6.07, 6.45) is 4.10. The highest BCUT2D eigenvalue weighted by atomic mass is 79.9. The number of halogens is 2. The van der Waals surface area contributed by atoms with Gasteiger partial charge in [0.25, 0.3) is 5.91 Å². The zero-order chi connectivity index (χ0) is 13.8. The number of hydrogen-bond acceptors (Lipinski definition) is 3. The van der Waals surface area contributed by atoms with Gasteiger partial charge in [-0.15, -0.1) is 0 Å². The molecule has 2 heterocycles. The van der Waals surface area contributed by atoms with Crippen molar-refractivity contribution >= 4 is 33.4 Å². The Labute approximate surface area is 123 Å². The van der Waals surface area contributed by atoms with Gasteiger partial charge in [0.15, 0.2) is 0 Å². The minimum absolute atomic E-state index is 0.181. The van der Waals surface area contributed by atoms with Gasteiger partial charge in [-0.25, -0.2) is 0 Å². The maximum absolute atomic E-state index is 11.7. The molecule has 1 amide bonds. The van der Waals surface area contributed by atoms with Crippen LogP contribution in [0.15, 0.2) is 16.9 Å². The first kappa shape index (κ1) is 14.1. The van der Waals surface area contributed by atoms with Gasteiger partial charge in [-0.2, -0.15) is 10.2 Å². The van der Waals surface area contributed by atoms with E-state index in [1.54, 1.807) is 17.1 Å². The minimum atomic E-state index is -0.181. The number of carbonyl (C=O) groups is 1. The number of H-pyrrole nitrogens is 1. The summed E-state index contributed by atoms with van der Waals surface area (Å²) in [4.78, 5) is 11.7. The van der Waals surface area contributed by atoms with E-state index >= 15 is 0 Å². The maximum atomic E-state index is 11.7. The summed E-state index contributed by atoms with van der Waals surface area (Å²) in [7, 11) is 0. The SMILES string of the molecule is Cc1nn(CCCNC(=O)c2[nH]ncc2Br)cc1Cl. The molecule has 0 aromatic carbocycles. The van der Waals surface area contributed by atoms with Crippen LogP contribution in [0, 0.1) is 6.92 Å². The molecule has 2 N–H and O–H groups in total. The molecule has 0 aliphatic rings. The van der Waals surface area contributed by atoms with Crippen molar-refractivity contribution in [3.8, 4) is 0 Å². The van der Waals surface area contributed by atoms with Crippen molar-refractivity contribution in [1.82, 2.24) is 25.3 Å². The first-order chi connectivity index (χ1) is 9.08. The quantitative estimate of drug-likeness (QED) is 0.815. The lowest BCUT2D eigenvalue weighted by Crippen LogP contribution is -2.26. The van der Waals surface area contributed by atoms with E-state index < -0.39 is 0 Å². The number of amides is 1. The molecule has 0 atom stereocenters. The van der Waals surface area contributed by atoms with Gasteiger partial charge in [-0.1, -0.05) is 11.6 Å². The Morgan fingerprint density at radius 3 is 3.00 bits per heavy atom. The molecule has 0 aliphatic heterocycles. The Kier molecular flexibility index (Phi) is 4.60. The highest BCUT2D eigenvalue weighted by molar-refractivity contribution is 9.10. The maximum Gasteiger partial charge on any atom is 0.270 e. The summed E-state index contributed by atoms with van der Waals surface area (Å²) in [6, 6.07) is 0. The van der Waals surface area contributed by atoms with Gasteiger partial charge in [-0.05, 0) is 29.3 Å². The summed E-state index contributed by atoms with van der Waals surface area (Å²) in [5.41, 5.74) is 1.24. The summed E-state index contributed by atoms with van der Waals surface area (Å²) in [5.74, 6) is -0.181. The molecule has 2 aromatic heterocycles. The van der Waals surface area contributed by atoms with E-state index in [9.17, 15) is 4.79 Å². The predicted octanol–water partition coefficient (Wildman–Crippen LogP) is 2.15. The third-order valence-corrected chi connectivity index (χ3v) is 3.53. The molecule has 19 heavy (non-hydrogen) atoms. The number of nitrogens with one attached hydrogen (secondary N) is 2. The smallest absolute Gasteiger partial charge is 0.270 e. The summed E-state index contributed by atoms with van der Waals surface area (Å²) in [6.45, 7) is 3.12. The lowest BCUT2D eigenvalue weighted by molar-refractivity contribution is 0.0947. The van der Waals surface area contributed by atoms with Gasteiger partial charge in [0, 0.05) is 19.3 Å². The van der Waals surface area contributed by atoms with Crippen LogP contribution in [0.1, 0.15) is 22.6 Å². The Balaban J connectivity index is 1.75. The number of rotatable bonds is 5. The van der Waals surface area contributed by atoms with Crippen molar-refractivity contribution in [2.24, 2.45) is 0 Å². The van der Waals surface area contributed by atoms with Crippen molar-refractivity contribution in [2.45, 2.75) is 19.9 Å². The largest absolute Gasteiger partial charge is 0.351 e. The first-order valence-corrected chi connectivity index (χ1v) is 6.91. The second kappa shape index (κ2) is 6.21. The molecule has 0 saturated carbocycles. The second-order valence-corrected chi connectivity index (χ2v) is 5.29. The third kappa shape index (κ3) is 3.57. The number of hydrogen-bond donors (Lipinski definition) is 2. The Morgan fingerprint density at radius 1 is 1.63 bits per heavy atom. The van der Waals surface area contributed by atoms with Crippen molar-refractivity contribution < 1.29 is 4.79 Å². The van der Waals surface area contributed by atoms with Crippen LogP contribution < -0.4 is 5.32 Å². The lowest BCUT2D eigenvalue weighted by atomic mass is 10.3. The van der Waals surface area contributed by atoms with Crippen LogP contribution in [0.4, 0.5) is 0 Å². The Morgan fingerprint density at radius 2 is 2.42 bits per heavy atom. The van der Waals surface area contributed by atoms with Crippen LogP contribution in [0.2, 0.25) is 5.02 Å². The highest BCUT2D eigenvalue weighted by Gasteiger charge is 2.10. The van der Waals surface area contributed by atoms with Gasteiger partial charge >= 0.3 is 0 Å². The fourth-order valence-electron chi connectivity index (χ4n) is 1.57. The second-order valence-electron chi connectivity index (χ2n) is 4.03. The number of nitrogens with zero attached hydrogens (tertiary/aromatic N) is 3. The van der Waals surface area contributed by atoms with Gasteiger partial charge < -0.3 is 5.32 Å². The molecule has 0 aliphatic carbocycles. The van der Waals surface area contributed by atoms with Gasteiger partial charge in [-0.3, -0.25) is 14.6 Å². The predicted molar refractivity (Wildman–Crippen MR) is 75.2 cm³/mol. The van der Waals surface area contributed by atoms with Crippen LogP contribution >= 0.6 is 27.5 Å². The summed E-state index contributed by atoms with van der Waals surface area (Å²) >= 11 is 9.15. The Bertz CT molecular complexity index is 560. The fraction of sp³-hybridized carbons (Fsp3) is 0.364. The third-order valence-electron chi connectivity index (χ3n) is 2.56. The van der Waals surface area contributed by atoms with Crippen LogP contribution in [0.3, 0.4) is 0 Å². The van der Waals surface area contributed by atoms with Crippen LogP contribution in [0.5, 0.6) is 0 Å². The average molecular weight is 347 g/mol. The topological polar surface area (TPSA) is 75.6 Å². The van der Waals surface area contributed by atoms with Gasteiger partial charge in [0.05, 0.1) is 21.4 Å². The first-order valence-electron chi connectivity index (χ1n) is 5.74. The average Bonchev–Trinajstić information content (AvgIpc) is 2.92. The van der Waals surface area contributed by atoms with E-state index in [1.165, 1.54) is 0 Å². The molecular weight excluding hydrogens is 334 g/mol. The molecule has 102 valence electrons. The molecule has 6 nitrogen and oxygen atoms in total. The molecule has 2 rings (SSSR count). The molecule has 2 aromatic rings. The number of aromatic nitrogens is 4. The van der Waals surface area contributed by atoms with Crippen LogP contribution in [-0.4, -0.2) is 32.4 Å². The molecular formula is C11H13BrClN5O. The molecule has 0 spiro atoms. The van der Waals surface area contributed by atoms with E-state index in [4.69, 9.17) is 11.6 Å². The van der Waals surface area contributed by atoms with Crippen LogP contribution in [-0.2, 0) is 6.54 Å². The summed E-state index contributed by atoms with van der Waals surface area (Å²) < 4.78 is 2.43. The number of aromatic amines is 1. The molecule has 8 heteroatoms. The van der Waals surface area contributed by atoms with Gasteiger partial charge in [0.2, 0.25) is 0 Å². The minimum Gasteiger partial charge on any atom is -0.351 e. The fourth-order valence-corrected chi connectivity index (χ4v) is 2.09. The zero-order valence-corrected chi connectivity index (χ0v) is 12.6. The van der Waals surface area contributed by atoms with Gasteiger partial charge in [0.1, 0.15) is 5.69 Å². The number of carbonyl (C=O) groups excluding carboxylic acids is 1. The van der Waals surface area contributed by atoms with E-state index in [0.717, 1.165) is 12.1 Å². The molecule has 0 saturated heterocycles. The van der Waals surface area contributed by atoms with E-state index in [0.29, 0.717) is 28.3 Å². The standard InChI is InChI=1S/C11H13BrClN5O/c1-7-9(13)6-18(17-7)4-2-3-14-11(19)10-8(12)5-15-16-10/h5-6H,2-4H2,1H3,(H,14,19)(H,15,16). The van der Waals surface area contributed by atoms with Crippen molar-refractivity contribution in [3.63, 3.8) is 0 Å². The van der Waals surface area contributed by atoms with Crippen molar-refractivity contribution in [3.05, 3.63) is 33.3 Å². The van der Waals surface area contributed by atoms with E-state index in [1.807, 2.05) is 6.92 Å². The monoisotopic (exact) mass is 345 g/mol. The normalized spacial score (nSPS) is 10.7. The van der Waals surface area contributed by atoms with Crippen molar-refractivity contribution in [2.75, 3.05) is 6.54 Å². The highest BCUT2D eigenvalue weighted by Crippen LogP contribution is 2.13. The lowest BCUT2D eigenvalue weighted by Gasteiger charge is -2.04. The molecule has 0 unspecified atom stereocenters. The zero-order valence-electron chi connectivity index (χ0n) is 10.3. The van der Waals surface area contributed by atoms with E-state index in [-0.39, 0.29) is 5.91 Å².